The Bertz CT molecular complexity index is 484. The Morgan fingerprint density at radius 1 is 1.40 bits per heavy atom. The monoisotopic (exact) mass is 276 g/mol. The number of aryl methyl sites for hydroxylation is 1. The highest BCUT2D eigenvalue weighted by atomic mass is 19.1. The first kappa shape index (κ1) is 14.0. The van der Waals surface area contributed by atoms with Gasteiger partial charge in [-0.25, -0.2) is 4.39 Å². The van der Waals surface area contributed by atoms with Gasteiger partial charge in [-0.1, -0.05) is 6.07 Å². The van der Waals surface area contributed by atoms with Gasteiger partial charge >= 0.3 is 0 Å². The number of hydrogen-bond acceptors (Lipinski definition) is 2. The maximum Gasteiger partial charge on any atom is 0.123 e. The molecule has 110 valence electrons. The molecule has 1 N–H and O–H groups in total. The second-order valence-electron chi connectivity index (χ2n) is 6.75. The standard InChI is InChI=1S/C17H25FN2/c1-13-4-7-16(18)10-14(13)11-20-9-3-8-19-17(2,12-20)15-5-6-15/h4,7,10,15,19H,3,5-6,8-9,11-12H2,1-2H3. The van der Waals surface area contributed by atoms with Crippen molar-refractivity contribution in [2.24, 2.45) is 5.92 Å². The van der Waals surface area contributed by atoms with Crippen LogP contribution in [-0.4, -0.2) is 30.1 Å². The zero-order valence-corrected chi connectivity index (χ0v) is 12.6. The topological polar surface area (TPSA) is 15.3 Å². The molecule has 1 saturated heterocycles. The van der Waals surface area contributed by atoms with E-state index in [1.807, 2.05) is 6.07 Å². The van der Waals surface area contributed by atoms with Gasteiger partial charge in [0, 0.05) is 18.6 Å². The van der Waals surface area contributed by atoms with Crippen molar-refractivity contribution < 1.29 is 4.39 Å². The van der Waals surface area contributed by atoms with Crippen LogP contribution in [0.15, 0.2) is 18.2 Å². The van der Waals surface area contributed by atoms with Crippen molar-refractivity contribution in [3.05, 3.63) is 35.1 Å². The number of hydrogen-bond donors (Lipinski definition) is 1. The predicted molar refractivity (Wildman–Crippen MR) is 80.2 cm³/mol. The van der Waals surface area contributed by atoms with Crippen LogP contribution in [0.5, 0.6) is 0 Å². The van der Waals surface area contributed by atoms with Crippen molar-refractivity contribution in [1.29, 1.82) is 0 Å². The fourth-order valence-electron chi connectivity index (χ4n) is 3.46. The van der Waals surface area contributed by atoms with Crippen molar-refractivity contribution in [1.82, 2.24) is 10.2 Å². The Morgan fingerprint density at radius 3 is 2.95 bits per heavy atom. The van der Waals surface area contributed by atoms with E-state index in [-0.39, 0.29) is 11.4 Å². The summed E-state index contributed by atoms with van der Waals surface area (Å²) in [6.07, 6.45) is 3.89. The molecule has 0 amide bonds. The molecule has 3 rings (SSSR count). The van der Waals surface area contributed by atoms with E-state index in [1.165, 1.54) is 24.8 Å². The van der Waals surface area contributed by atoms with Crippen LogP contribution in [0.25, 0.3) is 0 Å². The Kier molecular flexibility index (Phi) is 3.83. The second kappa shape index (κ2) is 5.45. The summed E-state index contributed by atoms with van der Waals surface area (Å²) in [7, 11) is 0. The lowest BCUT2D eigenvalue weighted by Crippen LogP contribution is -2.50. The second-order valence-corrected chi connectivity index (χ2v) is 6.75. The summed E-state index contributed by atoms with van der Waals surface area (Å²) in [5.41, 5.74) is 2.57. The summed E-state index contributed by atoms with van der Waals surface area (Å²) in [5, 5.41) is 3.75. The van der Waals surface area contributed by atoms with Crippen LogP contribution in [0.2, 0.25) is 0 Å². The average molecular weight is 276 g/mol. The van der Waals surface area contributed by atoms with Crippen molar-refractivity contribution >= 4 is 0 Å². The minimum Gasteiger partial charge on any atom is -0.310 e. The SMILES string of the molecule is Cc1ccc(F)cc1CN1CCCNC(C)(C2CC2)C1. The Hall–Kier alpha value is -0.930. The highest BCUT2D eigenvalue weighted by Gasteiger charge is 2.42. The molecule has 1 aromatic carbocycles. The van der Waals surface area contributed by atoms with Gasteiger partial charge in [0.15, 0.2) is 0 Å². The summed E-state index contributed by atoms with van der Waals surface area (Å²) in [5.74, 6) is 0.709. The van der Waals surface area contributed by atoms with Gasteiger partial charge in [-0.05, 0) is 75.4 Å². The van der Waals surface area contributed by atoms with E-state index < -0.39 is 0 Å². The summed E-state index contributed by atoms with van der Waals surface area (Å²) in [6.45, 7) is 8.59. The highest BCUT2D eigenvalue weighted by Crippen LogP contribution is 2.40. The van der Waals surface area contributed by atoms with Crippen LogP contribution in [0.3, 0.4) is 0 Å². The third-order valence-corrected chi connectivity index (χ3v) is 4.92. The molecular formula is C17H25FN2. The fraction of sp³-hybridized carbons (Fsp3) is 0.647. The molecule has 2 nitrogen and oxygen atoms in total. The van der Waals surface area contributed by atoms with Crippen LogP contribution in [-0.2, 0) is 6.54 Å². The smallest absolute Gasteiger partial charge is 0.123 e. The van der Waals surface area contributed by atoms with Gasteiger partial charge in [0.25, 0.3) is 0 Å². The molecule has 0 spiro atoms. The van der Waals surface area contributed by atoms with Crippen LogP contribution in [0, 0.1) is 18.7 Å². The maximum absolute atomic E-state index is 13.4. The van der Waals surface area contributed by atoms with Crippen molar-refractivity contribution in [2.45, 2.75) is 45.2 Å². The molecule has 2 fully saturated rings. The summed E-state index contributed by atoms with van der Waals surface area (Å²) >= 11 is 0. The summed E-state index contributed by atoms with van der Waals surface area (Å²) < 4.78 is 13.4. The van der Waals surface area contributed by atoms with E-state index in [9.17, 15) is 4.39 Å². The first-order valence-corrected chi connectivity index (χ1v) is 7.79. The van der Waals surface area contributed by atoms with E-state index in [0.29, 0.717) is 0 Å². The average Bonchev–Trinajstić information content (AvgIpc) is 3.22. The molecule has 1 aromatic rings. The van der Waals surface area contributed by atoms with Crippen molar-refractivity contribution in [3.8, 4) is 0 Å². The molecule has 1 atom stereocenters. The van der Waals surface area contributed by atoms with Gasteiger partial charge in [0.2, 0.25) is 0 Å². The normalized spacial score (nSPS) is 28.4. The lowest BCUT2D eigenvalue weighted by Gasteiger charge is -2.34. The van der Waals surface area contributed by atoms with E-state index >= 15 is 0 Å². The minimum absolute atomic E-state index is 0.122. The van der Waals surface area contributed by atoms with Crippen LogP contribution in [0.4, 0.5) is 4.39 Å². The Morgan fingerprint density at radius 2 is 2.20 bits per heavy atom. The lowest BCUT2D eigenvalue weighted by atomic mass is 9.95. The molecule has 3 heteroatoms. The van der Waals surface area contributed by atoms with Gasteiger partial charge < -0.3 is 5.32 Å². The first-order valence-electron chi connectivity index (χ1n) is 7.79. The third-order valence-electron chi connectivity index (χ3n) is 4.92. The zero-order valence-electron chi connectivity index (χ0n) is 12.6. The summed E-state index contributed by atoms with van der Waals surface area (Å²) in [4.78, 5) is 2.50. The lowest BCUT2D eigenvalue weighted by molar-refractivity contribution is 0.194. The van der Waals surface area contributed by atoms with Gasteiger partial charge in [-0.2, -0.15) is 0 Å². The molecule has 0 aromatic heterocycles. The van der Waals surface area contributed by atoms with E-state index in [2.05, 4.69) is 24.1 Å². The van der Waals surface area contributed by atoms with Gasteiger partial charge in [-0.3, -0.25) is 4.90 Å². The van der Waals surface area contributed by atoms with Crippen molar-refractivity contribution in [2.75, 3.05) is 19.6 Å². The first-order chi connectivity index (χ1) is 9.57. The van der Waals surface area contributed by atoms with Gasteiger partial charge in [0.05, 0.1) is 0 Å². The number of rotatable bonds is 3. The van der Waals surface area contributed by atoms with E-state index in [4.69, 9.17) is 0 Å². The largest absolute Gasteiger partial charge is 0.310 e. The maximum atomic E-state index is 13.4. The van der Waals surface area contributed by atoms with Crippen LogP contribution in [0.1, 0.15) is 37.3 Å². The third kappa shape index (κ3) is 3.04. The molecule has 2 aliphatic rings. The molecule has 1 aliphatic carbocycles. The molecule has 0 radical (unpaired) electrons. The van der Waals surface area contributed by atoms with Crippen LogP contribution < -0.4 is 5.32 Å². The molecule has 0 bridgehead atoms. The fourth-order valence-corrected chi connectivity index (χ4v) is 3.46. The number of benzene rings is 1. The van der Waals surface area contributed by atoms with Crippen LogP contribution >= 0.6 is 0 Å². The minimum atomic E-state index is -0.122. The van der Waals surface area contributed by atoms with E-state index in [0.717, 1.165) is 37.7 Å². The molecule has 1 unspecified atom stereocenters. The summed E-state index contributed by atoms with van der Waals surface area (Å²) in [6, 6.07) is 5.14. The Balaban J connectivity index is 1.73. The molecule has 20 heavy (non-hydrogen) atoms. The Labute approximate surface area is 121 Å². The quantitative estimate of drug-likeness (QED) is 0.912. The highest BCUT2D eigenvalue weighted by molar-refractivity contribution is 5.26. The number of halogens is 1. The zero-order chi connectivity index (χ0) is 14.2. The van der Waals surface area contributed by atoms with E-state index in [1.54, 1.807) is 12.1 Å². The molecule has 1 heterocycles. The molecule has 1 saturated carbocycles. The predicted octanol–water partition coefficient (Wildman–Crippen LogP) is 3.10. The number of nitrogens with one attached hydrogen (secondary N) is 1. The van der Waals surface area contributed by atoms with Crippen molar-refractivity contribution in [3.63, 3.8) is 0 Å². The van der Waals surface area contributed by atoms with Gasteiger partial charge in [-0.15, -0.1) is 0 Å². The molecular weight excluding hydrogens is 251 g/mol. The molecule has 1 aliphatic heterocycles. The van der Waals surface area contributed by atoms with Gasteiger partial charge in [0.1, 0.15) is 5.82 Å². The number of nitrogens with zero attached hydrogens (tertiary/aromatic N) is 1.